The second kappa shape index (κ2) is 9.54. The third kappa shape index (κ3) is 4.75. The van der Waals surface area contributed by atoms with Gasteiger partial charge in [-0.3, -0.25) is 4.79 Å². The van der Waals surface area contributed by atoms with Crippen molar-refractivity contribution in [1.82, 2.24) is 5.32 Å². The molecule has 0 saturated carbocycles. The molecule has 158 valence electrons. The average Bonchev–Trinajstić information content (AvgIpc) is 2.64. The van der Waals surface area contributed by atoms with Crippen LogP contribution in [0.15, 0.2) is 0 Å². The number of carbonyl (C=O) groups is 1. The summed E-state index contributed by atoms with van der Waals surface area (Å²) in [4.78, 5) is 11.5. The SMILES string of the molecule is CC[C@@H]1OC(CO)[C@@H](O[C@@H]2OC(CO)[C@H](O)C(O)C2O)C(O)C1NC(C)=O. The van der Waals surface area contributed by atoms with Crippen molar-refractivity contribution in [1.29, 1.82) is 0 Å². The van der Waals surface area contributed by atoms with Crippen molar-refractivity contribution >= 4 is 5.91 Å². The fraction of sp³-hybridized carbons (Fsp3) is 0.938. The summed E-state index contributed by atoms with van der Waals surface area (Å²) < 4.78 is 16.6. The minimum atomic E-state index is -1.67. The maximum absolute atomic E-state index is 11.5. The van der Waals surface area contributed by atoms with Gasteiger partial charge in [0.2, 0.25) is 5.91 Å². The van der Waals surface area contributed by atoms with Crippen LogP contribution in [0.1, 0.15) is 20.3 Å². The zero-order valence-corrected chi connectivity index (χ0v) is 15.2. The molecule has 6 unspecified atom stereocenters. The van der Waals surface area contributed by atoms with Gasteiger partial charge in [0.25, 0.3) is 0 Å². The fourth-order valence-electron chi connectivity index (χ4n) is 3.44. The van der Waals surface area contributed by atoms with E-state index in [-0.39, 0.29) is 0 Å². The minimum Gasteiger partial charge on any atom is -0.394 e. The third-order valence-corrected chi connectivity index (χ3v) is 4.91. The molecular weight excluding hydrogens is 366 g/mol. The second-order valence-electron chi connectivity index (χ2n) is 6.82. The summed E-state index contributed by atoms with van der Waals surface area (Å²) >= 11 is 0. The van der Waals surface area contributed by atoms with Crippen molar-refractivity contribution in [2.45, 2.75) is 81.4 Å². The molecule has 0 aromatic carbocycles. The molecule has 0 spiro atoms. The smallest absolute Gasteiger partial charge is 0.217 e. The number of ether oxygens (including phenoxy) is 3. The molecule has 2 aliphatic rings. The molecule has 11 heteroatoms. The molecule has 10 atom stereocenters. The van der Waals surface area contributed by atoms with Gasteiger partial charge >= 0.3 is 0 Å². The molecule has 0 aromatic heterocycles. The summed E-state index contributed by atoms with van der Waals surface area (Å²) in [7, 11) is 0. The van der Waals surface area contributed by atoms with Crippen LogP contribution < -0.4 is 5.32 Å². The van der Waals surface area contributed by atoms with Crippen molar-refractivity contribution in [2.75, 3.05) is 13.2 Å². The van der Waals surface area contributed by atoms with Crippen LogP contribution in [0.4, 0.5) is 0 Å². The molecule has 2 aliphatic heterocycles. The van der Waals surface area contributed by atoms with Crippen molar-refractivity contribution in [3.05, 3.63) is 0 Å². The zero-order chi connectivity index (χ0) is 20.3. The van der Waals surface area contributed by atoms with E-state index in [2.05, 4.69) is 5.32 Å². The average molecular weight is 395 g/mol. The molecule has 2 saturated heterocycles. The van der Waals surface area contributed by atoms with Crippen molar-refractivity contribution in [3.8, 4) is 0 Å². The number of carbonyl (C=O) groups excluding carboxylic acids is 1. The molecule has 11 nitrogen and oxygen atoms in total. The lowest BCUT2D eigenvalue weighted by atomic mass is 9.91. The fourth-order valence-corrected chi connectivity index (χ4v) is 3.44. The van der Waals surface area contributed by atoms with Crippen LogP contribution in [0, 0.1) is 0 Å². The Morgan fingerprint density at radius 3 is 2.07 bits per heavy atom. The maximum atomic E-state index is 11.5. The van der Waals surface area contributed by atoms with E-state index < -0.39 is 80.3 Å². The van der Waals surface area contributed by atoms with E-state index >= 15 is 0 Å². The predicted octanol–water partition coefficient (Wildman–Crippen LogP) is -3.79. The van der Waals surface area contributed by atoms with Gasteiger partial charge in [0.05, 0.1) is 25.4 Å². The zero-order valence-electron chi connectivity index (χ0n) is 15.2. The van der Waals surface area contributed by atoms with Crippen LogP contribution in [-0.2, 0) is 19.0 Å². The Balaban J connectivity index is 2.19. The van der Waals surface area contributed by atoms with Gasteiger partial charge in [-0.15, -0.1) is 0 Å². The molecule has 2 fully saturated rings. The topological polar surface area (TPSA) is 178 Å². The number of aliphatic hydroxyl groups is 6. The van der Waals surface area contributed by atoms with Crippen LogP contribution in [-0.4, -0.2) is 111 Å². The summed E-state index contributed by atoms with van der Waals surface area (Å²) in [6.07, 6.45) is -11.2. The Labute approximate surface area is 156 Å². The molecular formula is C16H29NO10. The molecule has 27 heavy (non-hydrogen) atoms. The van der Waals surface area contributed by atoms with Gasteiger partial charge in [-0.2, -0.15) is 0 Å². The Hall–Kier alpha value is -0.890. The van der Waals surface area contributed by atoms with E-state index in [0.29, 0.717) is 6.42 Å². The second-order valence-corrected chi connectivity index (χ2v) is 6.82. The van der Waals surface area contributed by atoms with Crippen molar-refractivity contribution in [3.63, 3.8) is 0 Å². The lowest BCUT2D eigenvalue weighted by Gasteiger charge is -2.47. The molecule has 7 N–H and O–H groups in total. The largest absolute Gasteiger partial charge is 0.394 e. The summed E-state index contributed by atoms with van der Waals surface area (Å²) in [5.74, 6) is -0.393. The first-order valence-electron chi connectivity index (χ1n) is 8.92. The molecule has 2 heterocycles. The van der Waals surface area contributed by atoms with Gasteiger partial charge < -0.3 is 50.2 Å². The maximum Gasteiger partial charge on any atom is 0.217 e. The first kappa shape index (κ1) is 22.4. The van der Waals surface area contributed by atoms with E-state index in [9.17, 15) is 35.4 Å². The van der Waals surface area contributed by atoms with E-state index in [4.69, 9.17) is 14.2 Å². The highest BCUT2D eigenvalue weighted by atomic mass is 16.7. The molecule has 0 aliphatic carbocycles. The highest BCUT2D eigenvalue weighted by Crippen LogP contribution is 2.29. The van der Waals surface area contributed by atoms with Crippen LogP contribution in [0.5, 0.6) is 0 Å². The Bertz CT molecular complexity index is 492. The van der Waals surface area contributed by atoms with Crippen LogP contribution in [0.25, 0.3) is 0 Å². The Kier molecular flexibility index (Phi) is 7.92. The lowest BCUT2D eigenvalue weighted by Crippen LogP contribution is -2.67. The van der Waals surface area contributed by atoms with E-state index in [1.165, 1.54) is 6.92 Å². The minimum absolute atomic E-state index is 0.393. The molecule has 2 rings (SSSR count). The number of nitrogens with one attached hydrogen (secondary N) is 1. The van der Waals surface area contributed by atoms with Crippen LogP contribution in [0.3, 0.4) is 0 Å². The van der Waals surface area contributed by atoms with Gasteiger partial charge in [0.15, 0.2) is 6.29 Å². The third-order valence-electron chi connectivity index (χ3n) is 4.91. The van der Waals surface area contributed by atoms with Gasteiger partial charge in [0.1, 0.15) is 42.7 Å². The predicted molar refractivity (Wildman–Crippen MR) is 88.3 cm³/mol. The quantitative estimate of drug-likeness (QED) is 0.236. The van der Waals surface area contributed by atoms with Crippen LogP contribution in [0.2, 0.25) is 0 Å². The molecule has 0 bridgehead atoms. The number of amides is 1. The van der Waals surface area contributed by atoms with E-state index in [1.54, 1.807) is 6.92 Å². The first-order chi connectivity index (χ1) is 12.7. The number of hydrogen-bond donors (Lipinski definition) is 7. The standard InChI is InChI=1S/C16H29NO10/c1-3-7-10(17-6(2)20)12(22)15(9(5-19)25-7)27-16-14(24)13(23)11(21)8(4-18)26-16/h7-16,18-19,21-24H,3-5H2,1-2H3,(H,17,20)/t7-,8?,9?,10?,11-,12?,13?,14?,15+,16-/m0/s1. The van der Waals surface area contributed by atoms with Crippen molar-refractivity contribution < 1.29 is 49.6 Å². The monoisotopic (exact) mass is 395 g/mol. The number of hydrogen-bond acceptors (Lipinski definition) is 10. The number of rotatable bonds is 6. The van der Waals surface area contributed by atoms with E-state index in [0.717, 1.165) is 0 Å². The summed E-state index contributed by atoms with van der Waals surface area (Å²) in [5, 5.41) is 62.0. The van der Waals surface area contributed by atoms with Crippen molar-refractivity contribution in [2.24, 2.45) is 0 Å². The molecule has 0 radical (unpaired) electrons. The lowest BCUT2D eigenvalue weighted by molar-refractivity contribution is -0.336. The molecule has 0 aromatic rings. The van der Waals surface area contributed by atoms with Gasteiger partial charge in [-0.05, 0) is 6.42 Å². The highest BCUT2D eigenvalue weighted by molar-refractivity contribution is 5.73. The van der Waals surface area contributed by atoms with Gasteiger partial charge in [0, 0.05) is 6.92 Å². The Morgan fingerprint density at radius 2 is 1.56 bits per heavy atom. The summed E-state index contributed by atoms with van der Waals surface area (Å²) in [5.41, 5.74) is 0. The summed E-state index contributed by atoms with van der Waals surface area (Å²) in [6, 6.07) is -0.829. The highest BCUT2D eigenvalue weighted by Gasteiger charge is 2.50. The first-order valence-corrected chi connectivity index (χ1v) is 8.92. The Morgan fingerprint density at radius 1 is 0.926 bits per heavy atom. The normalized spacial score (nSPS) is 45.5. The van der Waals surface area contributed by atoms with Crippen LogP contribution >= 0.6 is 0 Å². The molecule has 1 amide bonds. The summed E-state index contributed by atoms with van der Waals surface area (Å²) in [6.45, 7) is 1.93. The van der Waals surface area contributed by atoms with Gasteiger partial charge in [-0.1, -0.05) is 6.92 Å². The number of aliphatic hydroxyl groups excluding tert-OH is 6. The van der Waals surface area contributed by atoms with Gasteiger partial charge in [-0.25, -0.2) is 0 Å². The van der Waals surface area contributed by atoms with E-state index in [1.807, 2.05) is 0 Å².